The normalized spacial score (nSPS) is 31.2. The number of carbonyl (C=O) groups is 11. The lowest BCUT2D eigenvalue weighted by molar-refractivity contribution is -0.378. The Morgan fingerprint density at radius 2 is 0.493 bits per heavy atom. The fourth-order valence-corrected chi connectivity index (χ4v) is 7.01. The second-order valence-electron chi connectivity index (χ2n) is 14.9. The Labute approximate surface area is 382 Å². The molecule has 15 atom stereocenters. The number of carbonyl (C=O) groups excluding carboxylic acids is 11. The van der Waals surface area contributed by atoms with E-state index in [0.29, 0.717) is 0 Å². The molecule has 0 spiro atoms. The molecule has 3 aliphatic heterocycles. The predicted molar refractivity (Wildman–Crippen MR) is 206 cm³/mol. The van der Waals surface area contributed by atoms with E-state index in [4.69, 9.17) is 75.8 Å². The third-order valence-electron chi connectivity index (χ3n) is 9.11. The maximum absolute atomic E-state index is 13.0. The summed E-state index contributed by atoms with van der Waals surface area (Å²) in [6.07, 6.45) is -27.3. The molecule has 0 aromatic heterocycles. The summed E-state index contributed by atoms with van der Waals surface area (Å²) < 4.78 is 90.4. The number of ether oxygens (including phenoxy) is 16. The van der Waals surface area contributed by atoms with Crippen molar-refractivity contribution in [3.63, 3.8) is 0 Å². The summed E-state index contributed by atoms with van der Waals surface area (Å²) in [5, 5.41) is 0. The minimum absolute atomic E-state index is 0.691. The summed E-state index contributed by atoms with van der Waals surface area (Å²) in [4.78, 5) is 137. The van der Waals surface area contributed by atoms with Gasteiger partial charge in [0, 0.05) is 76.2 Å². The van der Waals surface area contributed by atoms with Crippen LogP contribution in [-0.4, -0.2) is 178 Å². The second-order valence-corrected chi connectivity index (χ2v) is 14.9. The highest BCUT2D eigenvalue weighted by Gasteiger charge is 2.60. The van der Waals surface area contributed by atoms with Crippen LogP contribution in [-0.2, 0) is 129 Å². The molecule has 0 unspecified atom stereocenters. The summed E-state index contributed by atoms with van der Waals surface area (Å²) in [7, 11) is 0. The van der Waals surface area contributed by atoms with Crippen molar-refractivity contribution in [2.45, 2.75) is 168 Å². The average molecular weight is 967 g/mol. The van der Waals surface area contributed by atoms with Gasteiger partial charge in [-0.15, -0.1) is 0 Å². The van der Waals surface area contributed by atoms with Gasteiger partial charge in [-0.1, -0.05) is 0 Å². The molecule has 0 aliphatic carbocycles. The van der Waals surface area contributed by atoms with E-state index in [9.17, 15) is 52.7 Å². The first-order valence-electron chi connectivity index (χ1n) is 20.3. The lowest BCUT2D eigenvalue weighted by Gasteiger charge is -2.50. The molecule has 3 fully saturated rings. The summed E-state index contributed by atoms with van der Waals surface area (Å²) in [6, 6.07) is 0. The first-order valence-corrected chi connectivity index (χ1v) is 20.3. The molecule has 0 amide bonds. The zero-order chi connectivity index (χ0) is 50.4. The molecule has 67 heavy (non-hydrogen) atoms. The lowest BCUT2D eigenvalue weighted by Crippen LogP contribution is -2.69. The molecule has 3 rings (SSSR count). The summed E-state index contributed by atoms with van der Waals surface area (Å²) >= 11 is 0. The van der Waals surface area contributed by atoms with Gasteiger partial charge in [0.15, 0.2) is 49.2 Å². The van der Waals surface area contributed by atoms with E-state index in [-0.39, 0.29) is 0 Å². The Morgan fingerprint density at radius 3 is 0.776 bits per heavy atom. The van der Waals surface area contributed by atoms with Crippen molar-refractivity contribution in [1.29, 1.82) is 0 Å². The number of esters is 11. The third kappa shape index (κ3) is 17.0. The topological polar surface area (TPSA) is 335 Å². The second kappa shape index (κ2) is 25.2. The Bertz CT molecular complexity index is 1850. The monoisotopic (exact) mass is 966 g/mol. The standard InChI is InChI=1S/C40H54O27/c1-15(41)52-12-26-29(55-18(4)44)32(56-19(5)45)36(60-23(9)49)39(64-26)67-31-28(14-54-17(3)43)65-40(37(61-24(10)50)34(31)58-21(7)47)66-30-27(13-53-16(2)42)63-38(62-25(11)51)35(59-22(8)48)33(30)57-20(6)46/h26-40H,12-14H2,1-11H3/t26-,27-,28-,29-,30+,31+,32+,33+,34+,35+,36-,37+,38+,39+,40-/m0/s1. The van der Waals surface area contributed by atoms with Crippen LogP contribution in [0.15, 0.2) is 0 Å². The molecular formula is C40H54O27. The van der Waals surface area contributed by atoms with Crippen LogP contribution >= 0.6 is 0 Å². The Kier molecular flexibility index (Phi) is 20.8. The maximum Gasteiger partial charge on any atom is 0.305 e. The third-order valence-corrected chi connectivity index (χ3v) is 9.11. The molecule has 27 nitrogen and oxygen atoms in total. The first kappa shape index (κ1) is 55.3. The quantitative estimate of drug-likeness (QED) is 0.114. The number of hydrogen-bond acceptors (Lipinski definition) is 27. The van der Waals surface area contributed by atoms with E-state index in [1.807, 2.05) is 0 Å². The largest absolute Gasteiger partial charge is 0.463 e. The van der Waals surface area contributed by atoms with Gasteiger partial charge in [0.1, 0.15) is 50.3 Å². The van der Waals surface area contributed by atoms with E-state index in [0.717, 1.165) is 76.2 Å². The number of hydrogen-bond donors (Lipinski definition) is 0. The van der Waals surface area contributed by atoms with Gasteiger partial charge in [0.25, 0.3) is 0 Å². The fourth-order valence-electron chi connectivity index (χ4n) is 7.01. The van der Waals surface area contributed by atoms with Crippen molar-refractivity contribution >= 4 is 65.7 Å². The van der Waals surface area contributed by atoms with E-state index in [1.165, 1.54) is 0 Å². The van der Waals surface area contributed by atoms with Crippen LogP contribution in [0.1, 0.15) is 76.2 Å². The van der Waals surface area contributed by atoms with Crippen LogP contribution in [0.4, 0.5) is 0 Å². The van der Waals surface area contributed by atoms with Gasteiger partial charge in [-0.3, -0.25) is 52.7 Å². The van der Waals surface area contributed by atoms with Crippen LogP contribution in [0, 0.1) is 0 Å². The van der Waals surface area contributed by atoms with Crippen LogP contribution < -0.4 is 0 Å². The van der Waals surface area contributed by atoms with E-state index >= 15 is 0 Å². The van der Waals surface area contributed by atoms with Gasteiger partial charge in [-0.2, -0.15) is 0 Å². The summed E-state index contributed by atoms with van der Waals surface area (Å²) in [6.45, 7) is 8.53. The summed E-state index contributed by atoms with van der Waals surface area (Å²) in [5.74, 6) is -10.7. The van der Waals surface area contributed by atoms with Crippen molar-refractivity contribution < 1.29 is 129 Å². The maximum atomic E-state index is 13.0. The lowest BCUT2D eigenvalue weighted by atomic mass is 9.95. The smallest absolute Gasteiger partial charge is 0.305 e. The Balaban J connectivity index is 2.31. The first-order chi connectivity index (χ1) is 31.3. The molecule has 3 aliphatic rings. The highest BCUT2D eigenvalue weighted by molar-refractivity contribution is 5.70. The molecule has 0 aromatic carbocycles. The van der Waals surface area contributed by atoms with Gasteiger partial charge in [-0.05, 0) is 0 Å². The van der Waals surface area contributed by atoms with Crippen molar-refractivity contribution in [3.05, 3.63) is 0 Å². The van der Waals surface area contributed by atoms with Crippen LogP contribution in [0.25, 0.3) is 0 Å². The molecule has 0 bridgehead atoms. The average Bonchev–Trinajstić information content (AvgIpc) is 3.17. The molecule has 27 heteroatoms. The SMILES string of the molecule is CC(=O)OC[C@@H]1O[C@H](O[C@H]2[C@@H](OC(C)=O)[C@@H](OC(C)=O)[C@H](O[C@H]3[C@@H](OC(C)=O)[C@@H](OC(C)=O)[C@H](OC(C)=O)O[C@H]3COC(C)=O)O[C@H]2COC(C)=O)[C@@H](OC(C)=O)[C@H](OC(C)=O)[C@H]1OC(C)=O. The zero-order valence-electron chi connectivity index (χ0n) is 38.3. The Morgan fingerprint density at radius 1 is 0.269 bits per heavy atom. The highest BCUT2D eigenvalue weighted by atomic mass is 16.8. The van der Waals surface area contributed by atoms with Gasteiger partial charge in [0.05, 0.1) is 0 Å². The minimum atomic E-state index is -2.06. The Hall–Kier alpha value is -6.03. The van der Waals surface area contributed by atoms with Crippen LogP contribution in [0.2, 0.25) is 0 Å². The number of rotatable bonds is 18. The molecule has 0 N–H and O–H groups in total. The van der Waals surface area contributed by atoms with Crippen LogP contribution in [0.5, 0.6) is 0 Å². The van der Waals surface area contributed by atoms with E-state index < -0.39 is 178 Å². The van der Waals surface area contributed by atoms with Gasteiger partial charge in [0.2, 0.25) is 12.4 Å². The highest BCUT2D eigenvalue weighted by Crippen LogP contribution is 2.38. The fraction of sp³-hybridized carbons (Fsp3) is 0.725. The molecule has 0 aromatic rings. The van der Waals surface area contributed by atoms with Crippen molar-refractivity contribution in [1.82, 2.24) is 0 Å². The van der Waals surface area contributed by atoms with Gasteiger partial charge in [-0.25, -0.2) is 0 Å². The zero-order valence-corrected chi connectivity index (χ0v) is 38.3. The molecule has 376 valence electrons. The minimum Gasteiger partial charge on any atom is -0.463 e. The molecule has 0 saturated carbocycles. The van der Waals surface area contributed by atoms with Crippen molar-refractivity contribution in [3.8, 4) is 0 Å². The van der Waals surface area contributed by atoms with Gasteiger partial charge >= 0.3 is 65.7 Å². The van der Waals surface area contributed by atoms with Crippen molar-refractivity contribution in [2.75, 3.05) is 19.8 Å². The molecule has 0 radical (unpaired) electrons. The van der Waals surface area contributed by atoms with Crippen LogP contribution in [0.3, 0.4) is 0 Å². The molecule has 3 heterocycles. The molecular weight excluding hydrogens is 912 g/mol. The van der Waals surface area contributed by atoms with Crippen molar-refractivity contribution in [2.24, 2.45) is 0 Å². The van der Waals surface area contributed by atoms with Gasteiger partial charge < -0.3 is 75.8 Å². The summed E-state index contributed by atoms with van der Waals surface area (Å²) in [5.41, 5.74) is 0. The van der Waals surface area contributed by atoms with E-state index in [1.54, 1.807) is 0 Å². The molecule has 3 saturated heterocycles. The predicted octanol–water partition coefficient (Wildman–Crippen LogP) is -1.29. The van der Waals surface area contributed by atoms with E-state index in [2.05, 4.69) is 0 Å².